The molecule has 0 saturated heterocycles. The van der Waals surface area contributed by atoms with E-state index in [1.807, 2.05) is 0 Å². The van der Waals surface area contributed by atoms with Gasteiger partial charge in [-0.1, -0.05) is 25.8 Å². The first-order valence-corrected chi connectivity index (χ1v) is 8.66. The van der Waals surface area contributed by atoms with Gasteiger partial charge in [-0.05, 0) is 73.7 Å². The molecule has 2 aliphatic rings. The molecule has 0 spiro atoms. The monoisotopic (exact) mass is 287 g/mol. The number of hydrogen-bond acceptors (Lipinski definition) is 2. The molecule has 1 aromatic rings. The molecule has 1 saturated carbocycles. The Bertz CT molecular complexity index is 463. The van der Waals surface area contributed by atoms with Crippen molar-refractivity contribution in [3.63, 3.8) is 0 Å². The lowest BCUT2D eigenvalue weighted by Crippen LogP contribution is -2.31. The SMILES string of the molecule is COc1ccc2c(c1)C(NCC1CCC(C)CC1)CCC2. The highest BCUT2D eigenvalue weighted by Gasteiger charge is 2.23. The Morgan fingerprint density at radius 1 is 1.14 bits per heavy atom. The topological polar surface area (TPSA) is 21.3 Å². The lowest BCUT2D eigenvalue weighted by molar-refractivity contribution is 0.270. The first kappa shape index (κ1) is 14.9. The molecule has 116 valence electrons. The summed E-state index contributed by atoms with van der Waals surface area (Å²) in [7, 11) is 1.76. The van der Waals surface area contributed by atoms with Crippen molar-refractivity contribution in [1.82, 2.24) is 5.32 Å². The van der Waals surface area contributed by atoms with Gasteiger partial charge >= 0.3 is 0 Å². The molecule has 21 heavy (non-hydrogen) atoms. The minimum atomic E-state index is 0.531. The second kappa shape index (κ2) is 6.83. The van der Waals surface area contributed by atoms with Gasteiger partial charge in [0.25, 0.3) is 0 Å². The molecular weight excluding hydrogens is 258 g/mol. The number of fused-ring (bicyclic) bond motifs is 1. The van der Waals surface area contributed by atoms with Crippen molar-refractivity contribution in [2.45, 2.75) is 57.9 Å². The Labute approximate surface area is 129 Å². The van der Waals surface area contributed by atoms with Crippen LogP contribution in [0, 0.1) is 11.8 Å². The van der Waals surface area contributed by atoms with E-state index in [4.69, 9.17) is 4.74 Å². The van der Waals surface area contributed by atoms with Crippen molar-refractivity contribution in [2.24, 2.45) is 11.8 Å². The molecule has 0 bridgehead atoms. The lowest BCUT2D eigenvalue weighted by Gasteiger charge is -2.31. The van der Waals surface area contributed by atoms with E-state index in [0.29, 0.717) is 6.04 Å². The summed E-state index contributed by atoms with van der Waals surface area (Å²) in [6.07, 6.45) is 9.45. The van der Waals surface area contributed by atoms with Gasteiger partial charge in [0.1, 0.15) is 5.75 Å². The number of nitrogens with one attached hydrogen (secondary N) is 1. The van der Waals surface area contributed by atoms with Gasteiger partial charge in [0.2, 0.25) is 0 Å². The smallest absolute Gasteiger partial charge is 0.119 e. The number of rotatable bonds is 4. The van der Waals surface area contributed by atoms with Crippen LogP contribution >= 0.6 is 0 Å². The highest BCUT2D eigenvalue weighted by Crippen LogP contribution is 2.33. The molecule has 0 radical (unpaired) electrons. The van der Waals surface area contributed by atoms with Gasteiger partial charge in [-0.3, -0.25) is 0 Å². The number of benzene rings is 1. The van der Waals surface area contributed by atoms with Crippen LogP contribution in [-0.4, -0.2) is 13.7 Å². The second-order valence-corrected chi connectivity index (χ2v) is 7.04. The van der Waals surface area contributed by atoms with Crippen molar-refractivity contribution >= 4 is 0 Å². The summed E-state index contributed by atoms with van der Waals surface area (Å²) in [5.74, 6) is 2.83. The van der Waals surface area contributed by atoms with E-state index in [2.05, 4.69) is 30.4 Å². The number of hydrogen-bond donors (Lipinski definition) is 1. The molecule has 1 unspecified atom stereocenters. The van der Waals surface area contributed by atoms with Crippen LogP contribution in [0.1, 0.15) is 62.6 Å². The molecule has 1 atom stereocenters. The van der Waals surface area contributed by atoms with Gasteiger partial charge in [-0.15, -0.1) is 0 Å². The number of methoxy groups -OCH3 is 1. The maximum atomic E-state index is 5.41. The Hall–Kier alpha value is -1.02. The zero-order valence-electron chi connectivity index (χ0n) is 13.5. The highest BCUT2D eigenvalue weighted by atomic mass is 16.5. The minimum Gasteiger partial charge on any atom is -0.497 e. The van der Waals surface area contributed by atoms with Gasteiger partial charge in [-0.2, -0.15) is 0 Å². The molecule has 3 rings (SSSR count). The van der Waals surface area contributed by atoms with Gasteiger partial charge in [0, 0.05) is 6.04 Å². The van der Waals surface area contributed by atoms with Crippen molar-refractivity contribution in [2.75, 3.05) is 13.7 Å². The average Bonchev–Trinajstić information content (AvgIpc) is 2.54. The Morgan fingerprint density at radius 2 is 1.95 bits per heavy atom. The summed E-state index contributed by atoms with van der Waals surface area (Å²) < 4.78 is 5.41. The summed E-state index contributed by atoms with van der Waals surface area (Å²) >= 11 is 0. The maximum absolute atomic E-state index is 5.41. The molecule has 1 N–H and O–H groups in total. The van der Waals surface area contributed by atoms with Crippen LogP contribution in [-0.2, 0) is 6.42 Å². The van der Waals surface area contributed by atoms with Crippen LogP contribution in [0.3, 0.4) is 0 Å². The normalized spacial score (nSPS) is 29.0. The van der Waals surface area contributed by atoms with E-state index in [0.717, 1.165) is 17.6 Å². The van der Waals surface area contributed by atoms with Gasteiger partial charge in [0.05, 0.1) is 7.11 Å². The molecule has 2 nitrogen and oxygen atoms in total. The summed E-state index contributed by atoms with van der Waals surface area (Å²) in [5.41, 5.74) is 2.99. The van der Waals surface area contributed by atoms with E-state index in [1.165, 1.54) is 62.6 Å². The largest absolute Gasteiger partial charge is 0.497 e. The third-order valence-electron chi connectivity index (χ3n) is 5.46. The molecule has 0 aromatic heterocycles. The zero-order chi connectivity index (χ0) is 14.7. The van der Waals surface area contributed by atoms with E-state index in [-0.39, 0.29) is 0 Å². The van der Waals surface area contributed by atoms with E-state index in [1.54, 1.807) is 7.11 Å². The molecule has 0 aliphatic heterocycles. The van der Waals surface area contributed by atoms with Crippen molar-refractivity contribution in [3.05, 3.63) is 29.3 Å². The predicted octanol–water partition coefficient (Wildman–Crippen LogP) is 4.49. The van der Waals surface area contributed by atoms with Crippen molar-refractivity contribution in [3.8, 4) is 5.75 Å². The quantitative estimate of drug-likeness (QED) is 0.881. The van der Waals surface area contributed by atoms with Crippen LogP contribution < -0.4 is 10.1 Å². The van der Waals surface area contributed by atoms with Gasteiger partial charge in [-0.25, -0.2) is 0 Å². The standard InChI is InChI=1S/C19H29NO/c1-14-6-8-15(9-7-14)13-20-19-5-3-4-16-10-11-17(21-2)12-18(16)19/h10-12,14-15,19-20H,3-9,13H2,1-2H3. The van der Waals surface area contributed by atoms with E-state index < -0.39 is 0 Å². The first-order valence-electron chi connectivity index (χ1n) is 8.66. The first-order chi connectivity index (χ1) is 10.3. The molecular formula is C19H29NO. The van der Waals surface area contributed by atoms with Crippen LogP contribution in [0.4, 0.5) is 0 Å². The van der Waals surface area contributed by atoms with Crippen LogP contribution in [0.25, 0.3) is 0 Å². The maximum Gasteiger partial charge on any atom is 0.119 e. The predicted molar refractivity (Wildman–Crippen MR) is 87.8 cm³/mol. The summed E-state index contributed by atoms with van der Waals surface area (Å²) in [5, 5.41) is 3.86. The van der Waals surface area contributed by atoms with Crippen molar-refractivity contribution < 1.29 is 4.74 Å². The lowest BCUT2D eigenvalue weighted by atomic mass is 9.82. The number of aryl methyl sites for hydroxylation is 1. The molecule has 2 heteroatoms. The molecule has 2 aliphatic carbocycles. The van der Waals surface area contributed by atoms with E-state index >= 15 is 0 Å². The molecule has 0 amide bonds. The fraction of sp³-hybridized carbons (Fsp3) is 0.684. The summed E-state index contributed by atoms with van der Waals surface area (Å²) in [6, 6.07) is 7.13. The van der Waals surface area contributed by atoms with Crippen molar-refractivity contribution in [1.29, 1.82) is 0 Å². The fourth-order valence-electron chi connectivity index (χ4n) is 3.96. The third-order valence-corrected chi connectivity index (χ3v) is 5.46. The zero-order valence-corrected chi connectivity index (χ0v) is 13.5. The molecule has 1 aromatic carbocycles. The summed E-state index contributed by atoms with van der Waals surface area (Å²) in [4.78, 5) is 0. The van der Waals surface area contributed by atoms with Gasteiger partial charge < -0.3 is 10.1 Å². The van der Waals surface area contributed by atoms with Crippen LogP contribution in [0.15, 0.2) is 18.2 Å². The number of ether oxygens (including phenoxy) is 1. The Balaban J connectivity index is 1.62. The third kappa shape index (κ3) is 3.60. The summed E-state index contributed by atoms with van der Waals surface area (Å²) in [6.45, 7) is 3.58. The molecule has 0 heterocycles. The highest BCUT2D eigenvalue weighted by molar-refractivity contribution is 5.39. The van der Waals surface area contributed by atoms with E-state index in [9.17, 15) is 0 Å². The molecule has 1 fully saturated rings. The Kier molecular flexibility index (Phi) is 4.84. The second-order valence-electron chi connectivity index (χ2n) is 7.04. The minimum absolute atomic E-state index is 0.531. The van der Waals surface area contributed by atoms with Gasteiger partial charge in [0.15, 0.2) is 0 Å². The van der Waals surface area contributed by atoms with Crippen LogP contribution in [0.5, 0.6) is 5.75 Å². The Morgan fingerprint density at radius 3 is 2.71 bits per heavy atom. The average molecular weight is 287 g/mol. The fourth-order valence-corrected chi connectivity index (χ4v) is 3.96. The van der Waals surface area contributed by atoms with Crippen LogP contribution in [0.2, 0.25) is 0 Å².